The van der Waals surface area contributed by atoms with Crippen LogP contribution in [-0.2, 0) is 11.2 Å². The molecule has 0 spiro atoms. The Kier molecular flexibility index (Phi) is 5.88. The minimum Gasteiger partial charge on any atom is -0.493 e. The quantitative estimate of drug-likeness (QED) is 0.800. The van der Waals surface area contributed by atoms with E-state index in [2.05, 4.69) is 31.3 Å². The summed E-state index contributed by atoms with van der Waals surface area (Å²) in [5, 5.41) is 3.67. The van der Waals surface area contributed by atoms with Gasteiger partial charge in [-0.15, -0.1) is 0 Å². The molecule has 1 aromatic rings. The number of hydrogen-bond acceptors (Lipinski definition) is 4. The van der Waals surface area contributed by atoms with Crippen LogP contribution in [0.2, 0.25) is 0 Å². The second-order valence-corrected chi connectivity index (χ2v) is 5.71. The lowest BCUT2D eigenvalue weighted by molar-refractivity contribution is -0.0119. The fourth-order valence-electron chi connectivity index (χ4n) is 2.90. The van der Waals surface area contributed by atoms with Gasteiger partial charge >= 0.3 is 0 Å². The molecule has 0 amide bonds. The number of rotatable bonds is 8. The Morgan fingerprint density at radius 1 is 1.19 bits per heavy atom. The number of methoxy groups -OCH3 is 2. The largest absolute Gasteiger partial charge is 0.493 e. The maximum absolute atomic E-state index is 5.59. The zero-order chi connectivity index (χ0) is 15.2. The lowest BCUT2D eigenvalue weighted by Gasteiger charge is -2.37. The summed E-state index contributed by atoms with van der Waals surface area (Å²) in [5.41, 5.74) is 1.26. The maximum atomic E-state index is 5.59. The summed E-state index contributed by atoms with van der Waals surface area (Å²) in [7, 11) is 3.33. The molecule has 0 radical (unpaired) electrons. The van der Waals surface area contributed by atoms with Gasteiger partial charge in [-0.2, -0.15) is 0 Å². The van der Waals surface area contributed by atoms with Crippen LogP contribution in [0.5, 0.6) is 11.5 Å². The molecule has 1 fully saturated rings. The van der Waals surface area contributed by atoms with Gasteiger partial charge in [0, 0.05) is 18.7 Å². The van der Waals surface area contributed by atoms with Gasteiger partial charge in [0.25, 0.3) is 0 Å². The van der Waals surface area contributed by atoms with E-state index in [-0.39, 0.29) is 0 Å². The Labute approximate surface area is 127 Å². The third-order valence-corrected chi connectivity index (χ3v) is 4.01. The zero-order valence-corrected chi connectivity index (χ0v) is 13.5. The van der Waals surface area contributed by atoms with Crippen molar-refractivity contribution in [3.8, 4) is 11.5 Å². The Hall–Kier alpha value is -1.26. The highest BCUT2D eigenvalue weighted by atomic mass is 16.5. The fraction of sp³-hybridized carbons (Fsp3) is 0.647. The van der Waals surface area contributed by atoms with Crippen molar-refractivity contribution in [1.29, 1.82) is 0 Å². The van der Waals surface area contributed by atoms with Gasteiger partial charge < -0.3 is 19.5 Å². The predicted octanol–water partition coefficient (Wildman–Crippen LogP) is 2.79. The minimum absolute atomic E-state index is 0.440. The van der Waals surface area contributed by atoms with E-state index in [9.17, 15) is 0 Å². The standard InChI is InChI=1S/C17H27NO3/c1-5-21-15-10-14(11-15)18-12(2)8-13-6-7-16(19-3)17(9-13)20-4/h6-7,9,12,14-15,18H,5,8,10-11H2,1-4H3. The van der Waals surface area contributed by atoms with Crippen LogP contribution in [0.1, 0.15) is 32.3 Å². The minimum atomic E-state index is 0.440. The normalized spacial score (nSPS) is 22.5. The van der Waals surface area contributed by atoms with Crippen molar-refractivity contribution in [3.63, 3.8) is 0 Å². The van der Waals surface area contributed by atoms with Crippen molar-refractivity contribution in [1.82, 2.24) is 5.32 Å². The first-order valence-corrected chi connectivity index (χ1v) is 7.74. The average Bonchev–Trinajstić information content (AvgIpc) is 2.45. The summed E-state index contributed by atoms with van der Waals surface area (Å²) in [6, 6.07) is 7.16. The van der Waals surface area contributed by atoms with Gasteiger partial charge in [0.05, 0.1) is 20.3 Å². The van der Waals surface area contributed by atoms with Gasteiger partial charge in [0.15, 0.2) is 11.5 Å². The van der Waals surface area contributed by atoms with E-state index in [1.807, 2.05) is 6.07 Å². The van der Waals surface area contributed by atoms with Crippen molar-refractivity contribution in [2.75, 3.05) is 20.8 Å². The molecule has 1 aliphatic carbocycles. The predicted molar refractivity (Wildman–Crippen MR) is 84.3 cm³/mol. The first kappa shape index (κ1) is 16.1. The summed E-state index contributed by atoms with van der Waals surface area (Å²) < 4.78 is 16.2. The topological polar surface area (TPSA) is 39.7 Å². The van der Waals surface area contributed by atoms with Crippen LogP contribution in [0.4, 0.5) is 0 Å². The summed E-state index contributed by atoms with van der Waals surface area (Å²) >= 11 is 0. The summed E-state index contributed by atoms with van der Waals surface area (Å²) in [6.07, 6.45) is 3.70. The van der Waals surface area contributed by atoms with E-state index in [1.54, 1.807) is 14.2 Å². The molecule has 0 aliphatic heterocycles. The van der Waals surface area contributed by atoms with Crippen LogP contribution in [0.25, 0.3) is 0 Å². The third kappa shape index (κ3) is 4.35. The van der Waals surface area contributed by atoms with Crippen LogP contribution < -0.4 is 14.8 Å². The second kappa shape index (κ2) is 7.66. The summed E-state index contributed by atoms with van der Waals surface area (Å²) in [4.78, 5) is 0. The number of nitrogens with one attached hydrogen (secondary N) is 1. The lowest BCUT2D eigenvalue weighted by Crippen LogP contribution is -2.49. The molecule has 1 saturated carbocycles. The van der Waals surface area contributed by atoms with Crippen molar-refractivity contribution in [2.45, 2.75) is 51.3 Å². The number of hydrogen-bond donors (Lipinski definition) is 1. The van der Waals surface area contributed by atoms with Gasteiger partial charge in [-0.05, 0) is 50.8 Å². The molecule has 1 unspecified atom stereocenters. The van der Waals surface area contributed by atoms with Gasteiger partial charge in [-0.1, -0.05) is 6.07 Å². The molecular formula is C17H27NO3. The monoisotopic (exact) mass is 293 g/mol. The van der Waals surface area contributed by atoms with E-state index in [0.717, 1.165) is 37.4 Å². The van der Waals surface area contributed by atoms with Crippen molar-refractivity contribution >= 4 is 0 Å². The molecule has 21 heavy (non-hydrogen) atoms. The van der Waals surface area contributed by atoms with E-state index in [0.29, 0.717) is 18.2 Å². The SMILES string of the molecule is CCOC1CC(NC(C)Cc2ccc(OC)c(OC)c2)C1. The van der Waals surface area contributed by atoms with Gasteiger partial charge in [0.1, 0.15) is 0 Å². The number of benzene rings is 1. The van der Waals surface area contributed by atoms with Crippen LogP contribution in [0.3, 0.4) is 0 Å². The highest BCUT2D eigenvalue weighted by Crippen LogP contribution is 2.28. The van der Waals surface area contributed by atoms with E-state index < -0.39 is 0 Å². The van der Waals surface area contributed by atoms with Gasteiger partial charge in [0.2, 0.25) is 0 Å². The molecule has 118 valence electrons. The molecule has 0 aromatic heterocycles. The molecule has 0 bridgehead atoms. The lowest BCUT2D eigenvalue weighted by atomic mass is 9.88. The van der Waals surface area contributed by atoms with Crippen LogP contribution in [-0.4, -0.2) is 39.0 Å². The molecule has 2 rings (SSSR count). The maximum Gasteiger partial charge on any atom is 0.160 e. The average molecular weight is 293 g/mol. The molecule has 1 atom stereocenters. The van der Waals surface area contributed by atoms with Crippen molar-refractivity contribution in [3.05, 3.63) is 23.8 Å². The van der Waals surface area contributed by atoms with Gasteiger partial charge in [-0.3, -0.25) is 0 Å². The molecule has 4 nitrogen and oxygen atoms in total. The molecule has 1 aromatic carbocycles. The number of ether oxygens (including phenoxy) is 3. The second-order valence-electron chi connectivity index (χ2n) is 5.71. The summed E-state index contributed by atoms with van der Waals surface area (Å²) in [6.45, 7) is 5.10. The van der Waals surface area contributed by atoms with Crippen LogP contribution in [0, 0.1) is 0 Å². The molecule has 0 heterocycles. The van der Waals surface area contributed by atoms with E-state index >= 15 is 0 Å². The van der Waals surface area contributed by atoms with Crippen molar-refractivity contribution in [2.24, 2.45) is 0 Å². The first-order valence-electron chi connectivity index (χ1n) is 7.74. The Morgan fingerprint density at radius 2 is 1.90 bits per heavy atom. The van der Waals surface area contributed by atoms with Crippen LogP contribution >= 0.6 is 0 Å². The molecular weight excluding hydrogens is 266 g/mol. The highest BCUT2D eigenvalue weighted by molar-refractivity contribution is 5.43. The first-order chi connectivity index (χ1) is 10.2. The van der Waals surface area contributed by atoms with Crippen LogP contribution in [0.15, 0.2) is 18.2 Å². The Balaban J connectivity index is 1.81. The van der Waals surface area contributed by atoms with Gasteiger partial charge in [-0.25, -0.2) is 0 Å². The third-order valence-electron chi connectivity index (χ3n) is 4.01. The van der Waals surface area contributed by atoms with E-state index in [4.69, 9.17) is 14.2 Å². The fourth-order valence-corrected chi connectivity index (χ4v) is 2.90. The smallest absolute Gasteiger partial charge is 0.160 e. The Bertz CT molecular complexity index is 444. The highest BCUT2D eigenvalue weighted by Gasteiger charge is 2.30. The summed E-state index contributed by atoms with van der Waals surface area (Å²) in [5.74, 6) is 1.57. The van der Waals surface area contributed by atoms with Crippen molar-refractivity contribution < 1.29 is 14.2 Å². The zero-order valence-electron chi connectivity index (χ0n) is 13.5. The van der Waals surface area contributed by atoms with E-state index in [1.165, 1.54) is 5.56 Å². The molecule has 0 saturated heterocycles. The Morgan fingerprint density at radius 3 is 2.52 bits per heavy atom. The molecule has 1 aliphatic rings. The molecule has 1 N–H and O–H groups in total. The molecule has 4 heteroatoms.